The van der Waals surface area contributed by atoms with E-state index in [1.165, 1.54) is 0 Å². The summed E-state index contributed by atoms with van der Waals surface area (Å²) in [4.78, 5) is 0. The first kappa shape index (κ1) is 10.5. The number of pyridine rings is 1. The quantitative estimate of drug-likeness (QED) is 0.624. The van der Waals surface area contributed by atoms with E-state index in [1.807, 2.05) is 48.3 Å². The number of nitrogens with zero attached hydrogens (tertiary/aromatic N) is 1. The van der Waals surface area contributed by atoms with Crippen molar-refractivity contribution in [1.82, 2.24) is 0 Å². The van der Waals surface area contributed by atoms with E-state index < -0.39 is 0 Å². The highest BCUT2D eigenvalue weighted by atomic mass is 79.9. The molecule has 2 aromatic heterocycles. The van der Waals surface area contributed by atoms with Crippen LogP contribution in [-0.2, 0) is 7.05 Å². The number of furan rings is 1. The van der Waals surface area contributed by atoms with E-state index in [2.05, 4.69) is 28.1 Å². The van der Waals surface area contributed by atoms with Crippen LogP contribution >= 0.6 is 15.9 Å². The smallest absolute Gasteiger partial charge is 0.169 e. The van der Waals surface area contributed by atoms with E-state index in [0.717, 1.165) is 26.8 Å². The van der Waals surface area contributed by atoms with Crippen LogP contribution in [0.25, 0.3) is 22.3 Å². The predicted octanol–water partition coefficient (Wildman–Crippen LogP) is 3.69. The first-order chi connectivity index (χ1) is 8.22. The van der Waals surface area contributed by atoms with Gasteiger partial charge in [-0.15, -0.1) is 0 Å². The molecule has 3 aromatic rings. The fraction of sp³-hybridized carbons (Fsp3) is 0.0714. The van der Waals surface area contributed by atoms with Gasteiger partial charge in [0.05, 0.1) is 0 Å². The van der Waals surface area contributed by atoms with Crippen molar-refractivity contribution in [3.8, 4) is 11.3 Å². The van der Waals surface area contributed by atoms with Gasteiger partial charge in [-0.2, -0.15) is 0 Å². The highest BCUT2D eigenvalue weighted by Gasteiger charge is 2.07. The number of aryl methyl sites for hydroxylation is 1. The Labute approximate surface area is 108 Å². The summed E-state index contributed by atoms with van der Waals surface area (Å²) in [6.45, 7) is 0. The van der Waals surface area contributed by atoms with E-state index in [4.69, 9.17) is 4.42 Å². The minimum atomic E-state index is 0.902. The lowest BCUT2D eigenvalue weighted by Gasteiger charge is -1.93. The highest BCUT2D eigenvalue weighted by Crippen LogP contribution is 2.28. The fourth-order valence-corrected chi connectivity index (χ4v) is 2.20. The summed E-state index contributed by atoms with van der Waals surface area (Å²) < 4.78 is 8.89. The zero-order valence-corrected chi connectivity index (χ0v) is 10.9. The molecule has 1 aromatic carbocycles. The second-order valence-electron chi connectivity index (χ2n) is 4.05. The van der Waals surface area contributed by atoms with Gasteiger partial charge in [0, 0.05) is 27.6 Å². The summed E-state index contributed by atoms with van der Waals surface area (Å²) in [5, 5.41) is 1.11. The molecule has 2 heterocycles. The van der Waals surface area contributed by atoms with Crippen molar-refractivity contribution in [2.45, 2.75) is 0 Å². The number of fused-ring (bicyclic) bond motifs is 1. The standard InChI is InChI=1S/C14H11BrNO/c1-16-6-4-10(5-7-16)14-9-11-8-12(15)2-3-13(11)17-14/h2-9H,1H3/q+1. The fourth-order valence-electron chi connectivity index (χ4n) is 1.82. The molecule has 0 atom stereocenters. The summed E-state index contributed by atoms with van der Waals surface area (Å²) in [7, 11) is 2.00. The van der Waals surface area contributed by atoms with Crippen LogP contribution in [0.1, 0.15) is 0 Å². The summed E-state index contributed by atoms with van der Waals surface area (Å²) in [5.74, 6) is 0.902. The van der Waals surface area contributed by atoms with Gasteiger partial charge < -0.3 is 4.42 Å². The molecule has 3 heteroatoms. The van der Waals surface area contributed by atoms with Gasteiger partial charge in [0.2, 0.25) is 0 Å². The maximum Gasteiger partial charge on any atom is 0.169 e. The van der Waals surface area contributed by atoms with Gasteiger partial charge in [-0.1, -0.05) is 15.9 Å². The van der Waals surface area contributed by atoms with Crippen LogP contribution in [-0.4, -0.2) is 0 Å². The Kier molecular flexibility index (Phi) is 2.48. The molecule has 0 unspecified atom stereocenters. The Morgan fingerprint density at radius 1 is 1.06 bits per heavy atom. The maximum atomic E-state index is 5.82. The summed E-state index contributed by atoms with van der Waals surface area (Å²) >= 11 is 3.46. The van der Waals surface area contributed by atoms with Crippen LogP contribution < -0.4 is 4.57 Å². The maximum absolute atomic E-state index is 5.82. The Balaban J connectivity index is 2.14. The monoisotopic (exact) mass is 288 g/mol. The molecular formula is C14H11BrNO+. The SMILES string of the molecule is C[n+]1ccc(-c2cc3cc(Br)ccc3o2)cc1. The molecule has 0 aliphatic heterocycles. The van der Waals surface area contributed by atoms with Gasteiger partial charge in [-0.3, -0.25) is 0 Å². The number of halogens is 1. The first-order valence-electron chi connectivity index (χ1n) is 5.37. The number of hydrogen-bond donors (Lipinski definition) is 0. The van der Waals surface area contributed by atoms with Gasteiger partial charge in [0.25, 0.3) is 0 Å². The van der Waals surface area contributed by atoms with Gasteiger partial charge in [0.15, 0.2) is 12.4 Å². The largest absolute Gasteiger partial charge is 0.456 e. The third-order valence-electron chi connectivity index (χ3n) is 2.74. The number of hydrogen-bond acceptors (Lipinski definition) is 1. The van der Waals surface area contributed by atoms with Crippen LogP contribution in [0.2, 0.25) is 0 Å². The second-order valence-corrected chi connectivity index (χ2v) is 4.96. The van der Waals surface area contributed by atoms with E-state index in [0.29, 0.717) is 0 Å². The van der Waals surface area contributed by atoms with Gasteiger partial charge in [-0.25, -0.2) is 4.57 Å². The van der Waals surface area contributed by atoms with Crippen LogP contribution in [0.4, 0.5) is 0 Å². The average molecular weight is 289 g/mol. The van der Waals surface area contributed by atoms with E-state index in [9.17, 15) is 0 Å². The average Bonchev–Trinajstić information content (AvgIpc) is 2.72. The van der Waals surface area contributed by atoms with E-state index in [-0.39, 0.29) is 0 Å². The molecule has 0 saturated carbocycles. The Hall–Kier alpha value is -1.61. The molecule has 0 radical (unpaired) electrons. The van der Waals surface area contributed by atoms with Gasteiger partial charge in [0.1, 0.15) is 18.4 Å². The number of aromatic nitrogens is 1. The molecule has 0 saturated heterocycles. The van der Waals surface area contributed by atoms with Crippen molar-refractivity contribution in [2.75, 3.05) is 0 Å². The second kappa shape index (κ2) is 4.00. The molecule has 0 amide bonds. The molecule has 3 rings (SSSR count). The first-order valence-corrected chi connectivity index (χ1v) is 6.16. The van der Waals surface area contributed by atoms with Crippen molar-refractivity contribution >= 4 is 26.9 Å². The van der Waals surface area contributed by atoms with E-state index >= 15 is 0 Å². The third-order valence-corrected chi connectivity index (χ3v) is 3.23. The minimum Gasteiger partial charge on any atom is -0.456 e. The minimum absolute atomic E-state index is 0.902. The molecule has 0 bridgehead atoms. The topological polar surface area (TPSA) is 17.0 Å². The van der Waals surface area contributed by atoms with Gasteiger partial charge in [-0.05, 0) is 24.3 Å². The van der Waals surface area contributed by atoms with Crippen LogP contribution in [0, 0.1) is 0 Å². The van der Waals surface area contributed by atoms with Crippen LogP contribution in [0.3, 0.4) is 0 Å². The molecule has 0 aliphatic carbocycles. The van der Waals surface area contributed by atoms with Crippen molar-refractivity contribution < 1.29 is 8.98 Å². The lowest BCUT2D eigenvalue weighted by atomic mass is 10.2. The van der Waals surface area contributed by atoms with Crippen LogP contribution in [0.5, 0.6) is 0 Å². The van der Waals surface area contributed by atoms with Crippen molar-refractivity contribution in [2.24, 2.45) is 7.05 Å². The molecule has 2 nitrogen and oxygen atoms in total. The molecular weight excluding hydrogens is 278 g/mol. The molecule has 0 aliphatic rings. The normalized spacial score (nSPS) is 10.9. The lowest BCUT2D eigenvalue weighted by molar-refractivity contribution is -0.671. The lowest BCUT2D eigenvalue weighted by Crippen LogP contribution is -2.25. The Morgan fingerprint density at radius 3 is 2.59 bits per heavy atom. The van der Waals surface area contributed by atoms with Crippen molar-refractivity contribution in [3.05, 3.63) is 53.3 Å². The summed E-state index contributed by atoms with van der Waals surface area (Å²) in [6, 6.07) is 12.2. The van der Waals surface area contributed by atoms with Crippen molar-refractivity contribution in [1.29, 1.82) is 0 Å². The van der Waals surface area contributed by atoms with Crippen molar-refractivity contribution in [3.63, 3.8) is 0 Å². The van der Waals surface area contributed by atoms with Crippen LogP contribution in [0.15, 0.2) is 57.7 Å². The van der Waals surface area contributed by atoms with E-state index in [1.54, 1.807) is 0 Å². The zero-order chi connectivity index (χ0) is 11.8. The summed E-state index contributed by atoms with van der Waals surface area (Å²) in [5.41, 5.74) is 2.01. The van der Waals surface area contributed by atoms with Gasteiger partial charge >= 0.3 is 0 Å². The number of benzene rings is 1. The highest BCUT2D eigenvalue weighted by molar-refractivity contribution is 9.10. The Morgan fingerprint density at radius 2 is 1.82 bits per heavy atom. The predicted molar refractivity (Wildman–Crippen MR) is 70.5 cm³/mol. The third kappa shape index (κ3) is 1.98. The molecule has 17 heavy (non-hydrogen) atoms. The molecule has 84 valence electrons. The Bertz CT molecular complexity index is 670. The molecule has 0 fully saturated rings. The summed E-state index contributed by atoms with van der Waals surface area (Å²) in [6.07, 6.45) is 4.02. The molecule has 0 N–H and O–H groups in total. The molecule has 0 spiro atoms. The zero-order valence-electron chi connectivity index (χ0n) is 9.35. The number of rotatable bonds is 1.